The second-order valence-electron chi connectivity index (χ2n) is 2.69. The maximum atomic E-state index is 12.8. The van der Waals surface area contributed by atoms with E-state index in [0.29, 0.717) is 0 Å². The van der Waals surface area contributed by atoms with Crippen molar-refractivity contribution >= 4 is 5.97 Å². The van der Waals surface area contributed by atoms with E-state index in [-0.39, 0.29) is 10.2 Å². The van der Waals surface area contributed by atoms with Crippen LogP contribution < -0.4 is 0 Å². The Balaban J connectivity index is 3.29. The highest BCUT2D eigenvalue weighted by atomic mass is 19.3. The van der Waals surface area contributed by atoms with Gasteiger partial charge in [0, 0.05) is 5.56 Å². The minimum atomic E-state index is -3.91. The number of aryl methyl sites for hydroxylation is 1. The molecule has 0 bridgehead atoms. The fourth-order valence-electron chi connectivity index (χ4n) is 0.994. The smallest absolute Gasteiger partial charge is 0.372 e. The van der Waals surface area contributed by atoms with E-state index in [1.165, 1.54) is 6.92 Å². The molecule has 14 heavy (non-hydrogen) atoms. The summed E-state index contributed by atoms with van der Waals surface area (Å²) in [6, 6.07) is -3.91. The number of rotatable bonds is 3. The highest BCUT2D eigenvalue weighted by Gasteiger charge is 2.36. The molecular formula is C7H7F3N2O2. The van der Waals surface area contributed by atoms with E-state index in [4.69, 9.17) is 5.11 Å². The fraction of sp³-hybridized carbons (Fsp3) is 0.429. The van der Waals surface area contributed by atoms with Gasteiger partial charge in [-0.1, -0.05) is 0 Å². The summed E-state index contributed by atoms with van der Waals surface area (Å²) < 4.78 is 37.3. The summed E-state index contributed by atoms with van der Waals surface area (Å²) in [6.45, 7) is -0.685. The Morgan fingerprint density at radius 1 is 1.71 bits per heavy atom. The lowest BCUT2D eigenvalue weighted by molar-refractivity contribution is -0.111. The van der Waals surface area contributed by atoms with Gasteiger partial charge in [0.15, 0.2) is 12.4 Å². The second-order valence-corrected chi connectivity index (χ2v) is 2.69. The lowest BCUT2D eigenvalue weighted by Gasteiger charge is -2.14. The zero-order valence-electron chi connectivity index (χ0n) is 7.17. The lowest BCUT2D eigenvalue weighted by atomic mass is 10.3. The van der Waals surface area contributed by atoms with E-state index < -0.39 is 24.4 Å². The molecule has 0 saturated heterocycles. The maximum Gasteiger partial charge on any atom is 0.372 e. The number of alkyl halides is 3. The van der Waals surface area contributed by atoms with Gasteiger partial charge in [-0.15, -0.1) is 0 Å². The predicted molar refractivity (Wildman–Crippen MR) is 40.1 cm³/mol. The summed E-state index contributed by atoms with van der Waals surface area (Å²) in [4.78, 5) is 10.5. The lowest BCUT2D eigenvalue weighted by Crippen LogP contribution is -2.30. The second kappa shape index (κ2) is 3.32. The molecule has 0 fully saturated rings. The summed E-state index contributed by atoms with van der Waals surface area (Å²) in [5, 5.41) is 11.7. The zero-order valence-corrected chi connectivity index (χ0v) is 7.17. The average Bonchev–Trinajstić information content (AvgIpc) is 2.47. The number of hydrogen-bond donors (Lipinski definition) is 1. The third kappa shape index (κ3) is 1.57. The molecule has 0 aliphatic rings. The average molecular weight is 208 g/mol. The van der Waals surface area contributed by atoms with Crippen LogP contribution >= 0.6 is 0 Å². The number of aromatic nitrogens is 2. The molecule has 0 aromatic carbocycles. The van der Waals surface area contributed by atoms with Crippen molar-refractivity contribution in [3.63, 3.8) is 0 Å². The minimum absolute atomic E-state index is 0.0608. The van der Waals surface area contributed by atoms with Crippen LogP contribution in [0.25, 0.3) is 0 Å². The van der Waals surface area contributed by atoms with Crippen LogP contribution in [-0.4, -0.2) is 27.5 Å². The van der Waals surface area contributed by atoms with Crippen molar-refractivity contribution in [2.45, 2.75) is 13.0 Å². The molecule has 1 aromatic heterocycles. The van der Waals surface area contributed by atoms with Gasteiger partial charge in [0.1, 0.15) is 0 Å². The SMILES string of the molecule is Cc1cnn(C(F)(F)CF)c1C(=O)O. The van der Waals surface area contributed by atoms with Crippen LogP contribution in [0.4, 0.5) is 13.2 Å². The van der Waals surface area contributed by atoms with Crippen LogP contribution in [0.1, 0.15) is 16.1 Å². The third-order valence-electron chi connectivity index (χ3n) is 1.63. The van der Waals surface area contributed by atoms with Crippen molar-refractivity contribution in [2.24, 2.45) is 0 Å². The largest absolute Gasteiger partial charge is 0.477 e. The molecule has 7 heteroatoms. The van der Waals surface area contributed by atoms with Crippen LogP contribution in [-0.2, 0) is 6.05 Å². The van der Waals surface area contributed by atoms with E-state index in [9.17, 15) is 18.0 Å². The topological polar surface area (TPSA) is 55.1 Å². The molecule has 1 N–H and O–H groups in total. The molecule has 4 nitrogen and oxygen atoms in total. The summed E-state index contributed by atoms with van der Waals surface area (Å²) in [5.74, 6) is -1.56. The van der Waals surface area contributed by atoms with Crippen LogP contribution in [0.15, 0.2) is 6.20 Å². The highest BCUT2D eigenvalue weighted by molar-refractivity contribution is 5.87. The summed E-state index contributed by atoms with van der Waals surface area (Å²) in [6.07, 6.45) is 0.951. The van der Waals surface area contributed by atoms with Gasteiger partial charge in [0.2, 0.25) is 0 Å². The molecule has 0 amide bonds. The van der Waals surface area contributed by atoms with Gasteiger partial charge in [-0.05, 0) is 6.92 Å². The first-order valence-corrected chi connectivity index (χ1v) is 3.62. The molecule has 1 aromatic rings. The molecule has 0 radical (unpaired) electrons. The van der Waals surface area contributed by atoms with E-state index in [2.05, 4.69) is 5.10 Å². The maximum absolute atomic E-state index is 12.8. The Hall–Kier alpha value is -1.53. The van der Waals surface area contributed by atoms with Crippen LogP contribution in [0.5, 0.6) is 0 Å². The van der Waals surface area contributed by atoms with Gasteiger partial charge in [-0.25, -0.2) is 9.18 Å². The van der Waals surface area contributed by atoms with Crippen LogP contribution in [0.2, 0.25) is 0 Å². The van der Waals surface area contributed by atoms with Gasteiger partial charge >= 0.3 is 12.0 Å². The number of carboxylic acids is 1. The number of aromatic carboxylic acids is 1. The van der Waals surface area contributed by atoms with Gasteiger partial charge in [0.25, 0.3) is 0 Å². The number of hydrogen-bond acceptors (Lipinski definition) is 2. The van der Waals surface area contributed by atoms with Gasteiger partial charge in [-0.2, -0.15) is 18.6 Å². The first kappa shape index (κ1) is 10.6. The normalized spacial score (nSPS) is 11.7. The van der Waals surface area contributed by atoms with Crippen molar-refractivity contribution in [3.05, 3.63) is 17.5 Å². The van der Waals surface area contributed by atoms with Crippen molar-refractivity contribution in [3.8, 4) is 0 Å². The summed E-state index contributed by atoms with van der Waals surface area (Å²) >= 11 is 0. The quantitative estimate of drug-likeness (QED) is 0.816. The molecule has 0 saturated carbocycles. The van der Waals surface area contributed by atoms with E-state index in [1.807, 2.05) is 0 Å². The number of carboxylic acid groups (broad SMARTS) is 1. The number of halogens is 3. The molecule has 0 spiro atoms. The van der Waals surface area contributed by atoms with Crippen molar-refractivity contribution in [1.82, 2.24) is 9.78 Å². The molecule has 1 rings (SSSR count). The Bertz CT molecular complexity index is 362. The third-order valence-corrected chi connectivity index (χ3v) is 1.63. The summed E-state index contributed by atoms with van der Waals surface area (Å²) in [7, 11) is 0. The Labute approximate surface area is 77.0 Å². The van der Waals surface area contributed by atoms with Crippen molar-refractivity contribution in [2.75, 3.05) is 6.67 Å². The van der Waals surface area contributed by atoms with Gasteiger partial charge in [-0.3, -0.25) is 0 Å². The highest BCUT2D eigenvalue weighted by Crippen LogP contribution is 2.23. The van der Waals surface area contributed by atoms with Crippen LogP contribution in [0.3, 0.4) is 0 Å². The molecule has 1 heterocycles. The van der Waals surface area contributed by atoms with Crippen molar-refractivity contribution in [1.29, 1.82) is 0 Å². The first-order valence-electron chi connectivity index (χ1n) is 3.62. The molecule has 0 atom stereocenters. The van der Waals surface area contributed by atoms with Gasteiger partial charge < -0.3 is 5.11 Å². The number of nitrogens with zero attached hydrogens (tertiary/aromatic N) is 2. The molecule has 0 aliphatic heterocycles. The van der Waals surface area contributed by atoms with E-state index in [1.54, 1.807) is 0 Å². The molecule has 0 aliphatic carbocycles. The van der Waals surface area contributed by atoms with Gasteiger partial charge in [0.05, 0.1) is 6.20 Å². The first-order chi connectivity index (χ1) is 6.40. The number of carbonyl (C=O) groups is 1. The van der Waals surface area contributed by atoms with E-state index >= 15 is 0 Å². The standard InChI is InChI=1S/C7H7F3N2O2/c1-4-2-11-12(5(4)6(13)14)7(9,10)3-8/h2H,3H2,1H3,(H,13,14). The molecule has 78 valence electrons. The van der Waals surface area contributed by atoms with Crippen LogP contribution in [0, 0.1) is 6.92 Å². The minimum Gasteiger partial charge on any atom is -0.477 e. The predicted octanol–water partition coefficient (Wildman–Crippen LogP) is 1.41. The Morgan fingerprint density at radius 2 is 2.29 bits per heavy atom. The van der Waals surface area contributed by atoms with E-state index in [0.717, 1.165) is 6.20 Å². The Kier molecular flexibility index (Phi) is 2.50. The molecule has 0 unspecified atom stereocenters. The fourth-order valence-corrected chi connectivity index (χ4v) is 0.994. The summed E-state index contributed by atoms with van der Waals surface area (Å²) in [5.41, 5.74) is -0.640. The molecular weight excluding hydrogens is 201 g/mol. The Morgan fingerprint density at radius 3 is 2.71 bits per heavy atom. The van der Waals surface area contributed by atoms with Crippen molar-refractivity contribution < 1.29 is 23.1 Å². The monoisotopic (exact) mass is 208 g/mol. The zero-order chi connectivity index (χ0) is 10.9.